The van der Waals surface area contributed by atoms with Crippen molar-refractivity contribution in [1.29, 1.82) is 0 Å². The van der Waals surface area contributed by atoms with Gasteiger partial charge in [0.15, 0.2) is 17.5 Å². The van der Waals surface area contributed by atoms with Crippen molar-refractivity contribution in [3.05, 3.63) is 42.7 Å². The Hall–Kier alpha value is -2.64. The molecule has 0 amide bonds. The topological polar surface area (TPSA) is 76.4 Å². The van der Waals surface area contributed by atoms with Gasteiger partial charge in [0, 0.05) is 20.1 Å². The molecule has 1 heterocycles. The molecule has 0 aliphatic carbocycles. The van der Waals surface area contributed by atoms with Crippen molar-refractivity contribution < 1.29 is 9.13 Å². The van der Waals surface area contributed by atoms with Gasteiger partial charge in [-0.1, -0.05) is 19.1 Å². The summed E-state index contributed by atoms with van der Waals surface area (Å²) in [4.78, 5) is 4.21. The van der Waals surface area contributed by atoms with Crippen LogP contribution in [-0.4, -0.2) is 47.0 Å². The maximum Gasteiger partial charge on any atom is 0.191 e. The van der Waals surface area contributed by atoms with Gasteiger partial charge >= 0.3 is 0 Å². The number of hydrogen-bond donors (Lipinski definition) is 2. The largest absolute Gasteiger partial charge is 0.486 e. The van der Waals surface area contributed by atoms with Crippen LogP contribution in [0.25, 0.3) is 0 Å². The van der Waals surface area contributed by atoms with Gasteiger partial charge in [-0.05, 0) is 31.4 Å². The smallest absolute Gasteiger partial charge is 0.191 e. The number of rotatable bonds is 10. The first-order valence-corrected chi connectivity index (χ1v) is 8.91. The number of hydrogen-bond acceptors (Lipinski definition) is 4. The van der Waals surface area contributed by atoms with Crippen LogP contribution in [0.15, 0.2) is 41.9 Å². The highest BCUT2D eigenvalue weighted by Gasteiger charge is 2.11. The second kappa shape index (κ2) is 11.1. The summed E-state index contributed by atoms with van der Waals surface area (Å²) >= 11 is 0. The number of benzene rings is 1. The SMILES string of the molecule is CCC(CNC(=NC)NCCCCn1cnnc1)Oc1ccccc1F. The second-order valence-corrected chi connectivity index (χ2v) is 5.87. The lowest BCUT2D eigenvalue weighted by Gasteiger charge is -2.20. The normalized spacial score (nSPS) is 12.7. The van der Waals surface area contributed by atoms with Gasteiger partial charge < -0.3 is 19.9 Å². The van der Waals surface area contributed by atoms with Crippen molar-refractivity contribution in [2.24, 2.45) is 4.99 Å². The molecule has 0 saturated heterocycles. The number of aliphatic imine (C=N–C) groups is 1. The number of aryl methyl sites for hydroxylation is 1. The molecule has 142 valence electrons. The number of aromatic nitrogens is 3. The van der Waals surface area contributed by atoms with E-state index >= 15 is 0 Å². The lowest BCUT2D eigenvalue weighted by molar-refractivity contribution is 0.191. The average Bonchev–Trinajstić information content (AvgIpc) is 3.17. The Balaban J connectivity index is 1.67. The lowest BCUT2D eigenvalue weighted by Crippen LogP contribution is -2.42. The summed E-state index contributed by atoms with van der Waals surface area (Å²) in [5.41, 5.74) is 0. The number of halogens is 1. The minimum atomic E-state index is -0.346. The first kappa shape index (κ1) is 19.7. The Morgan fingerprint density at radius 3 is 2.69 bits per heavy atom. The third kappa shape index (κ3) is 6.70. The molecule has 0 saturated carbocycles. The minimum Gasteiger partial charge on any atom is -0.486 e. The van der Waals surface area contributed by atoms with E-state index in [4.69, 9.17) is 4.74 Å². The molecule has 1 aromatic carbocycles. The zero-order valence-corrected chi connectivity index (χ0v) is 15.4. The fraction of sp³-hybridized carbons (Fsp3) is 0.500. The first-order chi connectivity index (χ1) is 12.7. The van der Waals surface area contributed by atoms with Gasteiger partial charge in [-0.3, -0.25) is 4.99 Å². The zero-order chi connectivity index (χ0) is 18.6. The summed E-state index contributed by atoms with van der Waals surface area (Å²) in [6.45, 7) is 4.27. The Labute approximate surface area is 153 Å². The van der Waals surface area contributed by atoms with Crippen LogP contribution in [0.3, 0.4) is 0 Å². The Morgan fingerprint density at radius 2 is 2.00 bits per heavy atom. The molecule has 0 radical (unpaired) electrons. The van der Waals surface area contributed by atoms with Crippen molar-refractivity contribution in [2.75, 3.05) is 20.1 Å². The highest BCUT2D eigenvalue weighted by molar-refractivity contribution is 5.79. The summed E-state index contributed by atoms with van der Waals surface area (Å²) in [7, 11) is 1.73. The van der Waals surface area contributed by atoms with E-state index in [0.717, 1.165) is 32.4 Å². The minimum absolute atomic E-state index is 0.140. The molecule has 1 unspecified atom stereocenters. The summed E-state index contributed by atoms with van der Waals surface area (Å²) in [6.07, 6.45) is 6.08. The van der Waals surface area contributed by atoms with E-state index in [1.165, 1.54) is 6.07 Å². The fourth-order valence-corrected chi connectivity index (χ4v) is 2.38. The molecule has 7 nitrogen and oxygen atoms in total. The van der Waals surface area contributed by atoms with Gasteiger partial charge in [0.05, 0.1) is 6.54 Å². The standard InChI is InChI=1S/C18H27FN6O/c1-3-15(26-17-9-5-4-8-16(17)19)12-22-18(20-2)21-10-6-7-11-25-13-23-24-14-25/h4-5,8-9,13-15H,3,6-7,10-12H2,1-2H3,(H2,20,21,22). The van der Waals surface area contributed by atoms with E-state index in [9.17, 15) is 4.39 Å². The fourth-order valence-electron chi connectivity index (χ4n) is 2.38. The highest BCUT2D eigenvalue weighted by atomic mass is 19.1. The molecule has 0 spiro atoms. The van der Waals surface area contributed by atoms with Crippen LogP contribution in [0.2, 0.25) is 0 Å². The number of nitrogens with one attached hydrogen (secondary N) is 2. The van der Waals surface area contributed by atoms with E-state index in [1.54, 1.807) is 37.9 Å². The molecule has 1 aromatic heterocycles. The number of ether oxygens (including phenoxy) is 1. The van der Waals surface area contributed by atoms with Gasteiger partial charge in [0.2, 0.25) is 0 Å². The Morgan fingerprint density at radius 1 is 1.23 bits per heavy atom. The second-order valence-electron chi connectivity index (χ2n) is 5.87. The Kier molecular flexibility index (Phi) is 8.38. The van der Waals surface area contributed by atoms with Crippen LogP contribution in [0.4, 0.5) is 4.39 Å². The molecular weight excluding hydrogens is 335 g/mol. The average molecular weight is 362 g/mol. The van der Waals surface area contributed by atoms with Crippen LogP contribution in [0.5, 0.6) is 5.75 Å². The van der Waals surface area contributed by atoms with Crippen LogP contribution >= 0.6 is 0 Å². The number of unbranched alkanes of at least 4 members (excludes halogenated alkanes) is 1. The summed E-state index contributed by atoms with van der Waals surface area (Å²) in [6, 6.07) is 6.45. The number of guanidine groups is 1. The van der Waals surface area contributed by atoms with Gasteiger partial charge in [0.25, 0.3) is 0 Å². The van der Waals surface area contributed by atoms with Crippen LogP contribution < -0.4 is 15.4 Å². The van der Waals surface area contributed by atoms with E-state index in [1.807, 2.05) is 11.5 Å². The zero-order valence-electron chi connectivity index (χ0n) is 15.4. The van der Waals surface area contributed by atoms with Gasteiger partial charge in [-0.15, -0.1) is 10.2 Å². The Bertz CT molecular complexity index is 661. The third-order valence-corrected chi connectivity index (χ3v) is 3.91. The molecule has 2 rings (SSSR count). The van der Waals surface area contributed by atoms with Crippen molar-refractivity contribution in [1.82, 2.24) is 25.4 Å². The third-order valence-electron chi connectivity index (χ3n) is 3.91. The first-order valence-electron chi connectivity index (χ1n) is 8.91. The lowest BCUT2D eigenvalue weighted by atomic mass is 10.2. The predicted molar refractivity (Wildman–Crippen MR) is 99.7 cm³/mol. The van der Waals surface area contributed by atoms with Crippen LogP contribution in [0, 0.1) is 5.82 Å². The van der Waals surface area contributed by atoms with Gasteiger partial charge in [-0.2, -0.15) is 0 Å². The van der Waals surface area contributed by atoms with Gasteiger partial charge in [0.1, 0.15) is 18.8 Å². The van der Waals surface area contributed by atoms with Crippen LogP contribution in [-0.2, 0) is 6.54 Å². The van der Waals surface area contributed by atoms with Crippen molar-refractivity contribution in [3.63, 3.8) is 0 Å². The van der Waals surface area contributed by atoms with E-state index in [0.29, 0.717) is 12.5 Å². The molecular formula is C18H27FN6O. The predicted octanol–water partition coefficient (Wildman–Crippen LogP) is 2.22. The molecule has 26 heavy (non-hydrogen) atoms. The van der Waals surface area contributed by atoms with Crippen LogP contribution in [0.1, 0.15) is 26.2 Å². The maximum atomic E-state index is 13.7. The number of para-hydroxylation sites is 1. The molecule has 0 aliphatic rings. The van der Waals surface area contributed by atoms with E-state index in [-0.39, 0.29) is 17.7 Å². The quantitative estimate of drug-likeness (QED) is 0.385. The van der Waals surface area contributed by atoms with Gasteiger partial charge in [-0.25, -0.2) is 4.39 Å². The monoisotopic (exact) mass is 362 g/mol. The summed E-state index contributed by atoms with van der Waals surface area (Å²) < 4.78 is 21.4. The van der Waals surface area contributed by atoms with E-state index < -0.39 is 0 Å². The molecule has 0 aliphatic heterocycles. The molecule has 2 N–H and O–H groups in total. The molecule has 2 aromatic rings. The highest BCUT2D eigenvalue weighted by Crippen LogP contribution is 2.17. The van der Waals surface area contributed by atoms with Crippen molar-refractivity contribution in [3.8, 4) is 5.75 Å². The maximum absolute atomic E-state index is 13.7. The molecule has 0 fully saturated rings. The van der Waals surface area contributed by atoms with Crippen molar-refractivity contribution >= 4 is 5.96 Å². The number of nitrogens with zero attached hydrogens (tertiary/aromatic N) is 4. The molecule has 0 bridgehead atoms. The molecule has 1 atom stereocenters. The summed E-state index contributed by atoms with van der Waals surface area (Å²) in [5.74, 6) is 0.643. The van der Waals surface area contributed by atoms with E-state index in [2.05, 4.69) is 25.8 Å². The summed E-state index contributed by atoms with van der Waals surface area (Å²) in [5, 5.41) is 14.1. The molecule has 8 heteroatoms. The van der Waals surface area contributed by atoms with Crippen molar-refractivity contribution in [2.45, 2.75) is 38.8 Å².